The lowest BCUT2D eigenvalue weighted by Gasteiger charge is -2.32. The van der Waals surface area contributed by atoms with Gasteiger partial charge in [-0.25, -0.2) is 4.39 Å². The summed E-state index contributed by atoms with van der Waals surface area (Å²) >= 11 is 6.11. The third-order valence-corrected chi connectivity index (χ3v) is 4.92. The molecule has 0 radical (unpaired) electrons. The Balaban J connectivity index is 1.61. The Morgan fingerprint density at radius 3 is 2.65 bits per heavy atom. The van der Waals surface area contributed by atoms with E-state index < -0.39 is 0 Å². The van der Waals surface area contributed by atoms with Crippen molar-refractivity contribution in [2.24, 2.45) is 5.92 Å². The Labute approximate surface area is 157 Å². The van der Waals surface area contributed by atoms with Gasteiger partial charge in [-0.15, -0.1) is 0 Å². The third-order valence-electron chi connectivity index (χ3n) is 4.59. The molecule has 1 fully saturated rings. The molecule has 2 aromatic rings. The SMILES string of the molecule is O=C(NCc1ccccc1F)[C@@H]1CCCN(C(=O)c2ccccc2Cl)C1. The quantitative estimate of drug-likeness (QED) is 0.888. The first-order valence-corrected chi connectivity index (χ1v) is 8.99. The fourth-order valence-electron chi connectivity index (χ4n) is 3.15. The van der Waals surface area contributed by atoms with Crippen molar-refractivity contribution in [3.05, 3.63) is 70.5 Å². The molecule has 1 saturated heterocycles. The summed E-state index contributed by atoms with van der Waals surface area (Å²) in [6, 6.07) is 13.3. The fraction of sp³-hybridized carbons (Fsp3) is 0.300. The maximum absolute atomic E-state index is 13.7. The molecule has 2 amide bonds. The van der Waals surface area contributed by atoms with Gasteiger partial charge in [-0.1, -0.05) is 41.9 Å². The van der Waals surface area contributed by atoms with Crippen LogP contribution < -0.4 is 5.32 Å². The van der Waals surface area contributed by atoms with Gasteiger partial charge in [-0.2, -0.15) is 0 Å². The molecule has 1 aliphatic heterocycles. The zero-order valence-corrected chi connectivity index (χ0v) is 15.0. The second kappa shape index (κ2) is 8.32. The molecule has 1 atom stereocenters. The van der Waals surface area contributed by atoms with Crippen molar-refractivity contribution in [3.63, 3.8) is 0 Å². The number of nitrogens with one attached hydrogen (secondary N) is 1. The zero-order chi connectivity index (χ0) is 18.5. The van der Waals surface area contributed by atoms with E-state index in [-0.39, 0.29) is 30.1 Å². The zero-order valence-electron chi connectivity index (χ0n) is 14.3. The highest BCUT2D eigenvalue weighted by Crippen LogP contribution is 2.22. The van der Waals surface area contributed by atoms with Crippen LogP contribution in [-0.4, -0.2) is 29.8 Å². The van der Waals surface area contributed by atoms with Gasteiger partial charge in [0.15, 0.2) is 0 Å². The van der Waals surface area contributed by atoms with Crippen LogP contribution in [0.4, 0.5) is 4.39 Å². The molecular formula is C20H20ClFN2O2. The highest BCUT2D eigenvalue weighted by molar-refractivity contribution is 6.33. The number of piperidine rings is 1. The normalized spacial score (nSPS) is 17.0. The molecule has 0 bridgehead atoms. The van der Waals surface area contributed by atoms with Crippen molar-refractivity contribution in [1.29, 1.82) is 0 Å². The highest BCUT2D eigenvalue weighted by Gasteiger charge is 2.29. The molecule has 0 aromatic heterocycles. The van der Waals surface area contributed by atoms with Crippen LogP contribution in [0.3, 0.4) is 0 Å². The number of rotatable bonds is 4. The lowest BCUT2D eigenvalue weighted by Crippen LogP contribution is -2.45. The Morgan fingerprint density at radius 2 is 1.88 bits per heavy atom. The van der Waals surface area contributed by atoms with Crippen molar-refractivity contribution in [2.75, 3.05) is 13.1 Å². The average Bonchev–Trinajstić information content (AvgIpc) is 2.67. The summed E-state index contributed by atoms with van der Waals surface area (Å²) in [4.78, 5) is 26.8. The first kappa shape index (κ1) is 18.4. The lowest BCUT2D eigenvalue weighted by atomic mass is 9.96. The minimum absolute atomic E-state index is 0.139. The van der Waals surface area contributed by atoms with Crippen molar-refractivity contribution in [2.45, 2.75) is 19.4 Å². The van der Waals surface area contributed by atoms with Gasteiger partial charge in [0.05, 0.1) is 16.5 Å². The second-order valence-corrected chi connectivity index (χ2v) is 6.79. The van der Waals surface area contributed by atoms with Crippen LogP contribution in [0.25, 0.3) is 0 Å². The summed E-state index contributed by atoms with van der Waals surface area (Å²) in [5, 5.41) is 3.18. The molecule has 2 aromatic carbocycles. The van der Waals surface area contributed by atoms with E-state index in [1.165, 1.54) is 6.07 Å². The summed E-state index contributed by atoms with van der Waals surface area (Å²) in [6.07, 6.45) is 1.45. The number of hydrogen-bond acceptors (Lipinski definition) is 2. The molecule has 1 aliphatic rings. The molecule has 3 rings (SSSR count). The van der Waals surface area contributed by atoms with E-state index in [0.717, 1.165) is 6.42 Å². The Bertz CT molecular complexity index is 812. The third kappa shape index (κ3) is 4.22. The van der Waals surface area contributed by atoms with Gasteiger partial charge < -0.3 is 10.2 Å². The number of carbonyl (C=O) groups is 2. The standard InChI is InChI=1S/C20H20ClFN2O2/c21-17-9-3-2-8-16(17)20(26)24-11-5-7-15(13-24)19(25)23-12-14-6-1-4-10-18(14)22/h1-4,6,8-10,15H,5,7,11-13H2,(H,23,25)/t15-/m1/s1. The minimum atomic E-state index is -0.341. The van der Waals surface area contributed by atoms with Crippen LogP contribution in [0, 0.1) is 11.7 Å². The van der Waals surface area contributed by atoms with E-state index in [9.17, 15) is 14.0 Å². The molecule has 0 unspecified atom stereocenters. The molecule has 0 aliphatic carbocycles. The van der Waals surface area contributed by atoms with Crippen molar-refractivity contribution < 1.29 is 14.0 Å². The van der Waals surface area contributed by atoms with Crippen LogP contribution >= 0.6 is 11.6 Å². The monoisotopic (exact) mass is 374 g/mol. The van der Waals surface area contributed by atoms with E-state index in [1.54, 1.807) is 47.4 Å². The number of benzene rings is 2. The summed E-state index contributed by atoms with van der Waals surface area (Å²) in [6.45, 7) is 1.08. The largest absolute Gasteiger partial charge is 0.352 e. The summed E-state index contributed by atoms with van der Waals surface area (Å²) in [5.41, 5.74) is 0.891. The maximum atomic E-state index is 13.7. The number of nitrogens with zero attached hydrogens (tertiary/aromatic N) is 1. The van der Waals surface area contributed by atoms with Crippen LogP contribution in [0.5, 0.6) is 0 Å². The molecule has 1 N–H and O–H groups in total. The summed E-state index contributed by atoms with van der Waals surface area (Å²) in [7, 11) is 0. The average molecular weight is 375 g/mol. The molecule has 4 nitrogen and oxygen atoms in total. The second-order valence-electron chi connectivity index (χ2n) is 6.38. The Morgan fingerprint density at radius 1 is 1.15 bits per heavy atom. The summed E-state index contributed by atoms with van der Waals surface area (Å²) < 4.78 is 13.7. The van der Waals surface area contributed by atoms with Crippen molar-refractivity contribution in [1.82, 2.24) is 10.2 Å². The molecule has 6 heteroatoms. The van der Waals surface area contributed by atoms with E-state index >= 15 is 0 Å². The van der Waals surface area contributed by atoms with Gasteiger partial charge in [0.1, 0.15) is 5.82 Å². The van der Waals surface area contributed by atoms with E-state index in [1.807, 2.05) is 0 Å². The number of hydrogen-bond donors (Lipinski definition) is 1. The van der Waals surface area contributed by atoms with Gasteiger partial charge in [-0.3, -0.25) is 9.59 Å². The molecule has 0 saturated carbocycles. The minimum Gasteiger partial charge on any atom is -0.352 e. The van der Waals surface area contributed by atoms with E-state index in [2.05, 4.69) is 5.32 Å². The molecule has 1 heterocycles. The summed E-state index contributed by atoms with van der Waals surface area (Å²) in [5.74, 6) is -0.971. The van der Waals surface area contributed by atoms with Crippen molar-refractivity contribution >= 4 is 23.4 Å². The van der Waals surface area contributed by atoms with Gasteiger partial charge in [0, 0.05) is 25.2 Å². The van der Waals surface area contributed by atoms with Gasteiger partial charge in [0.2, 0.25) is 5.91 Å². The van der Waals surface area contributed by atoms with Crippen LogP contribution in [0.1, 0.15) is 28.8 Å². The first-order valence-electron chi connectivity index (χ1n) is 8.61. The van der Waals surface area contributed by atoms with Gasteiger partial charge in [-0.05, 0) is 31.0 Å². The number of likely N-dealkylation sites (tertiary alicyclic amines) is 1. The van der Waals surface area contributed by atoms with E-state index in [0.29, 0.717) is 35.7 Å². The lowest BCUT2D eigenvalue weighted by molar-refractivity contribution is -0.126. The van der Waals surface area contributed by atoms with Gasteiger partial charge >= 0.3 is 0 Å². The molecule has 0 spiro atoms. The molecule has 26 heavy (non-hydrogen) atoms. The predicted octanol–water partition coefficient (Wildman–Crippen LogP) is 3.65. The topological polar surface area (TPSA) is 49.4 Å². The smallest absolute Gasteiger partial charge is 0.255 e. The first-order chi connectivity index (χ1) is 12.6. The number of halogens is 2. The van der Waals surface area contributed by atoms with Crippen LogP contribution in [-0.2, 0) is 11.3 Å². The van der Waals surface area contributed by atoms with Crippen LogP contribution in [0.2, 0.25) is 5.02 Å². The maximum Gasteiger partial charge on any atom is 0.255 e. The van der Waals surface area contributed by atoms with Crippen molar-refractivity contribution in [3.8, 4) is 0 Å². The molecule has 136 valence electrons. The number of carbonyl (C=O) groups excluding carboxylic acids is 2. The fourth-order valence-corrected chi connectivity index (χ4v) is 3.37. The molecular weight excluding hydrogens is 355 g/mol. The van der Waals surface area contributed by atoms with Crippen LogP contribution in [0.15, 0.2) is 48.5 Å². The Kier molecular flexibility index (Phi) is 5.89. The van der Waals surface area contributed by atoms with Gasteiger partial charge in [0.25, 0.3) is 5.91 Å². The van der Waals surface area contributed by atoms with E-state index in [4.69, 9.17) is 11.6 Å². The highest BCUT2D eigenvalue weighted by atomic mass is 35.5. The number of amides is 2. The Hall–Kier alpha value is -2.40. The predicted molar refractivity (Wildman–Crippen MR) is 98.3 cm³/mol.